The van der Waals surface area contributed by atoms with Crippen LogP contribution in [0.3, 0.4) is 0 Å². The number of methoxy groups -OCH3 is 1. The number of amides is 1. The quantitative estimate of drug-likeness (QED) is 0.708. The third-order valence-electron chi connectivity index (χ3n) is 4.96. The van der Waals surface area contributed by atoms with Crippen LogP contribution in [0.25, 0.3) is 11.4 Å². The molecule has 0 aliphatic carbocycles. The van der Waals surface area contributed by atoms with Gasteiger partial charge in [-0.05, 0) is 49.2 Å². The highest BCUT2D eigenvalue weighted by Gasteiger charge is 2.29. The summed E-state index contributed by atoms with van der Waals surface area (Å²) in [6, 6.07) is 13.9. The van der Waals surface area contributed by atoms with Crippen molar-refractivity contribution in [3.05, 3.63) is 54.3 Å². The third kappa shape index (κ3) is 4.21. The van der Waals surface area contributed by atoms with Gasteiger partial charge in [-0.3, -0.25) is 4.79 Å². The number of nitrogens with zero attached hydrogens (tertiary/aromatic N) is 3. The molecule has 4 rings (SSSR count). The fourth-order valence-corrected chi connectivity index (χ4v) is 3.36. The summed E-state index contributed by atoms with van der Waals surface area (Å²) < 4.78 is 24.4. The van der Waals surface area contributed by atoms with Crippen LogP contribution in [0.5, 0.6) is 5.75 Å². The first-order chi connectivity index (χ1) is 14.1. The van der Waals surface area contributed by atoms with E-state index >= 15 is 0 Å². The zero-order chi connectivity index (χ0) is 20.2. The van der Waals surface area contributed by atoms with Gasteiger partial charge >= 0.3 is 6.01 Å². The molecule has 1 atom stereocenters. The smallest absolute Gasteiger partial charge is 0.324 e. The lowest BCUT2D eigenvalue weighted by atomic mass is 9.97. The van der Waals surface area contributed by atoms with Gasteiger partial charge in [-0.15, -0.1) is 0 Å². The van der Waals surface area contributed by atoms with E-state index in [1.165, 1.54) is 6.07 Å². The molecule has 2 aromatic carbocycles. The van der Waals surface area contributed by atoms with Crippen molar-refractivity contribution in [2.75, 3.05) is 30.4 Å². The number of nitrogens with one attached hydrogen (secondary N) is 1. The summed E-state index contributed by atoms with van der Waals surface area (Å²) in [5.74, 6) is 0.265. The van der Waals surface area contributed by atoms with Gasteiger partial charge < -0.3 is 19.5 Å². The lowest BCUT2D eigenvalue weighted by Gasteiger charge is -2.30. The van der Waals surface area contributed by atoms with Crippen molar-refractivity contribution in [1.82, 2.24) is 10.1 Å². The molecule has 1 amide bonds. The first kappa shape index (κ1) is 18.9. The molecule has 1 saturated heterocycles. The highest BCUT2D eigenvalue weighted by molar-refractivity contribution is 5.93. The van der Waals surface area contributed by atoms with E-state index in [4.69, 9.17) is 9.26 Å². The Hall–Kier alpha value is -3.42. The molecule has 0 bridgehead atoms. The van der Waals surface area contributed by atoms with E-state index in [9.17, 15) is 9.18 Å². The molecule has 0 saturated carbocycles. The highest BCUT2D eigenvalue weighted by atomic mass is 19.1. The van der Waals surface area contributed by atoms with Gasteiger partial charge in [0.1, 0.15) is 11.6 Å². The number of rotatable bonds is 5. The van der Waals surface area contributed by atoms with Gasteiger partial charge in [-0.25, -0.2) is 4.39 Å². The Labute approximate surface area is 167 Å². The molecule has 1 aliphatic heterocycles. The molecule has 29 heavy (non-hydrogen) atoms. The predicted octanol–water partition coefficient (Wildman–Crippen LogP) is 3.74. The fourth-order valence-electron chi connectivity index (χ4n) is 3.36. The van der Waals surface area contributed by atoms with E-state index in [1.807, 2.05) is 29.2 Å². The molecule has 1 fully saturated rings. The maximum atomic E-state index is 13.8. The van der Waals surface area contributed by atoms with Gasteiger partial charge in [0, 0.05) is 18.7 Å². The molecule has 0 spiro atoms. The van der Waals surface area contributed by atoms with Crippen molar-refractivity contribution in [2.45, 2.75) is 12.8 Å². The van der Waals surface area contributed by atoms with Crippen LogP contribution < -0.4 is 15.0 Å². The van der Waals surface area contributed by atoms with E-state index in [0.717, 1.165) is 24.2 Å². The van der Waals surface area contributed by atoms with Gasteiger partial charge in [0.05, 0.1) is 18.7 Å². The molecular weight excluding hydrogens is 375 g/mol. The Morgan fingerprint density at radius 2 is 2.03 bits per heavy atom. The number of piperidine rings is 1. The van der Waals surface area contributed by atoms with Gasteiger partial charge in [-0.1, -0.05) is 17.3 Å². The number of carbonyl (C=O) groups excluding carboxylic acids is 1. The molecule has 8 heteroatoms. The zero-order valence-electron chi connectivity index (χ0n) is 16.0. The zero-order valence-corrected chi connectivity index (χ0v) is 16.0. The third-order valence-corrected chi connectivity index (χ3v) is 4.96. The van der Waals surface area contributed by atoms with Crippen LogP contribution in [0.15, 0.2) is 53.1 Å². The molecule has 1 aliphatic rings. The number of ether oxygens (including phenoxy) is 1. The van der Waals surface area contributed by atoms with E-state index in [-0.39, 0.29) is 17.5 Å². The van der Waals surface area contributed by atoms with Crippen LogP contribution in [-0.4, -0.2) is 36.2 Å². The average molecular weight is 396 g/mol. The summed E-state index contributed by atoms with van der Waals surface area (Å²) in [6.45, 7) is 1.15. The second-order valence-corrected chi connectivity index (χ2v) is 6.88. The van der Waals surface area contributed by atoms with Crippen molar-refractivity contribution in [2.24, 2.45) is 5.92 Å². The van der Waals surface area contributed by atoms with Crippen LogP contribution >= 0.6 is 0 Å². The summed E-state index contributed by atoms with van der Waals surface area (Å²) in [7, 11) is 1.61. The number of anilines is 2. The first-order valence-corrected chi connectivity index (χ1v) is 9.42. The minimum atomic E-state index is -0.449. The van der Waals surface area contributed by atoms with Gasteiger partial charge in [-0.2, -0.15) is 4.98 Å². The molecule has 150 valence electrons. The number of benzene rings is 2. The summed E-state index contributed by atoms with van der Waals surface area (Å²) >= 11 is 0. The summed E-state index contributed by atoms with van der Waals surface area (Å²) in [5.41, 5.74) is 1.00. The number of halogens is 1. The normalized spacial score (nSPS) is 16.5. The standard InChI is InChI=1S/C21H21FN4O3/c1-28-16-10-8-14(9-11-16)19-24-21(29-25-19)26-12-4-5-15(13-26)20(27)23-18-7-3-2-6-17(18)22/h2-3,6-11,15H,4-5,12-13H2,1H3,(H,23,27)/t15-/m0/s1. The van der Waals surface area contributed by atoms with Crippen LogP contribution in [0.2, 0.25) is 0 Å². The number of carbonyl (C=O) groups is 1. The highest BCUT2D eigenvalue weighted by Crippen LogP contribution is 2.26. The minimum Gasteiger partial charge on any atom is -0.497 e. The second-order valence-electron chi connectivity index (χ2n) is 6.88. The molecule has 7 nitrogen and oxygen atoms in total. The fraction of sp³-hybridized carbons (Fsp3) is 0.286. The van der Waals surface area contributed by atoms with Gasteiger partial charge in [0.2, 0.25) is 11.7 Å². The van der Waals surface area contributed by atoms with Crippen molar-refractivity contribution < 1.29 is 18.4 Å². The van der Waals surface area contributed by atoms with E-state index in [0.29, 0.717) is 24.9 Å². The van der Waals surface area contributed by atoms with Gasteiger partial charge in [0.25, 0.3) is 0 Å². The molecule has 1 aromatic heterocycles. The number of hydrogen-bond acceptors (Lipinski definition) is 6. The minimum absolute atomic E-state index is 0.189. The maximum absolute atomic E-state index is 13.8. The maximum Gasteiger partial charge on any atom is 0.324 e. The van der Waals surface area contributed by atoms with E-state index in [2.05, 4.69) is 15.5 Å². The van der Waals surface area contributed by atoms with Crippen molar-refractivity contribution in [3.63, 3.8) is 0 Å². The number of hydrogen-bond donors (Lipinski definition) is 1. The molecule has 3 aromatic rings. The van der Waals surface area contributed by atoms with E-state index < -0.39 is 5.82 Å². The first-order valence-electron chi connectivity index (χ1n) is 9.42. The largest absolute Gasteiger partial charge is 0.497 e. The Bertz CT molecular complexity index is 990. The Balaban J connectivity index is 1.44. The lowest BCUT2D eigenvalue weighted by Crippen LogP contribution is -2.41. The van der Waals surface area contributed by atoms with Crippen LogP contribution in [0.1, 0.15) is 12.8 Å². The van der Waals surface area contributed by atoms with Crippen LogP contribution in [-0.2, 0) is 4.79 Å². The molecule has 0 unspecified atom stereocenters. The molecule has 2 heterocycles. The number of para-hydroxylation sites is 1. The van der Waals surface area contributed by atoms with Crippen LogP contribution in [0, 0.1) is 11.7 Å². The van der Waals surface area contributed by atoms with Gasteiger partial charge in [0.15, 0.2) is 0 Å². The Morgan fingerprint density at radius 1 is 1.24 bits per heavy atom. The monoisotopic (exact) mass is 396 g/mol. The second kappa shape index (κ2) is 8.30. The average Bonchev–Trinajstić information content (AvgIpc) is 3.26. The molecular formula is C21H21FN4O3. The Kier molecular flexibility index (Phi) is 5.41. The van der Waals surface area contributed by atoms with E-state index in [1.54, 1.807) is 25.3 Å². The Morgan fingerprint density at radius 3 is 2.79 bits per heavy atom. The predicted molar refractivity (Wildman–Crippen MR) is 106 cm³/mol. The van der Waals surface area contributed by atoms with Crippen molar-refractivity contribution in [1.29, 1.82) is 0 Å². The summed E-state index contributed by atoms with van der Waals surface area (Å²) in [4.78, 5) is 19.0. The number of aromatic nitrogens is 2. The lowest BCUT2D eigenvalue weighted by molar-refractivity contribution is -0.120. The topological polar surface area (TPSA) is 80.5 Å². The summed E-state index contributed by atoms with van der Waals surface area (Å²) in [5, 5.41) is 6.72. The van der Waals surface area contributed by atoms with Crippen molar-refractivity contribution >= 4 is 17.6 Å². The van der Waals surface area contributed by atoms with Crippen molar-refractivity contribution in [3.8, 4) is 17.1 Å². The SMILES string of the molecule is COc1ccc(-c2noc(N3CCC[C@H](C(=O)Nc4ccccc4F)C3)n2)cc1. The summed E-state index contributed by atoms with van der Waals surface area (Å²) in [6.07, 6.45) is 1.52. The molecule has 0 radical (unpaired) electrons. The molecule has 1 N–H and O–H groups in total. The van der Waals surface area contributed by atoms with Crippen LogP contribution in [0.4, 0.5) is 16.1 Å².